The summed E-state index contributed by atoms with van der Waals surface area (Å²) in [7, 11) is 0. The molecule has 4 rings (SSSR count). The molecule has 1 aliphatic carbocycles. The number of aromatic nitrogens is 2. The highest BCUT2D eigenvalue weighted by Gasteiger charge is 2.28. The summed E-state index contributed by atoms with van der Waals surface area (Å²) in [5.74, 6) is 0. The normalized spacial score (nSPS) is 16.6. The van der Waals surface area contributed by atoms with E-state index in [0.29, 0.717) is 27.2 Å². The van der Waals surface area contributed by atoms with E-state index in [1.54, 1.807) is 41.2 Å². The maximum Gasteiger partial charge on any atom is 0.180 e. The molecule has 1 aliphatic rings. The van der Waals surface area contributed by atoms with Gasteiger partial charge >= 0.3 is 0 Å². The fourth-order valence-electron chi connectivity index (χ4n) is 4.12. The third kappa shape index (κ3) is 4.74. The second kappa shape index (κ2) is 9.35. The smallest absolute Gasteiger partial charge is 0.180 e. The molecule has 0 amide bonds. The standard InChI is InChI=1S/C23H24ClN3O4/c24-19-9-8-14(10-16(19)11-25)22(28)20(31-17-5-1-2-6-17)13-27-12-15-4-3-7-18(23(29)30)21(15)26-27/h3-4,7-10,12,17,20,22-23,28-30H,1-2,5-6,13H2/t20-,22+/m0/s1. The molecule has 0 bridgehead atoms. The summed E-state index contributed by atoms with van der Waals surface area (Å²) in [5.41, 5.74) is 1.66. The highest BCUT2D eigenvalue weighted by atomic mass is 35.5. The number of rotatable bonds is 7. The molecule has 3 N–H and O–H groups in total. The van der Waals surface area contributed by atoms with Crippen molar-refractivity contribution in [1.29, 1.82) is 5.26 Å². The van der Waals surface area contributed by atoms with Crippen LogP contribution in [0.25, 0.3) is 10.9 Å². The van der Waals surface area contributed by atoms with Crippen LogP contribution >= 0.6 is 11.6 Å². The van der Waals surface area contributed by atoms with Crippen LogP contribution in [0.2, 0.25) is 5.02 Å². The Hall–Kier alpha value is -2.47. The number of fused-ring (bicyclic) bond motifs is 1. The zero-order chi connectivity index (χ0) is 22.0. The van der Waals surface area contributed by atoms with Crippen LogP contribution in [-0.4, -0.2) is 37.3 Å². The van der Waals surface area contributed by atoms with E-state index in [9.17, 15) is 20.6 Å². The van der Waals surface area contributed by atoms with Gasteiger partial charge in [0.2, 0.25) is 0 Å². The van der Waals surface area contributed by atoms with Gasteiger partial charge in [-0.3, -0.25) is 4.68 Å². The minimum Gasteiger partial charge on any atom is -0.386 e. The van der Waals surface area contributed by atoms with Crippen LogP contribution in [0, 0.1) is 11.3 Å². The highest BCUT2D eigenvalue weighted by molar-refractivity contribution is 6.31. The predicted molar refractivity (Wildman–Crippen MR) is 115 cm³/mol. The molecule has 162 valence electrons. The van der Waals surface area contributed by atoms with Crippen LogP contribution in [0.5, 0.6) is 0 Å². The molecule has 0 spiro atoms. The topological polar surface area (TPSA) is 112 Å². The number of hydrogen-bond donors (Lipinski definition) is 3. The summed E-state index contributed by atoms with van der Waals surface area (Å²) in [6.45, 7) is 0.262. The molecule has 8 heteroatoms. The van der Waals surface area contributed by atoms with Gasteiger partial charge in [-0.05, 0) is 30.5 Å². The van der Waals surface area contributed by atoms with E-state index in [0.717, 1.165) is 31.1 Å². The predicted octanol–water partition coefficient (Wildman–Crippen LogP) is 3.61. The molecule has 7 nitrogen and oxygen atoms in total. The molecule has 0 saturated heterocycles. The van der Waals surface area contributed by atoms with E-state index < -0.39 is 18.5 Å². The van der Waals surface area contributed by atoms with Crippen LogP contribution in [0.4, 0.5) is 0 Å². The highest BCUT2D eigenvalue weighted by Crippen LogP contribution is 2.30. The van der Waals surface area contributed by atoms with Crippen molar-refractivity contribution in [2.24, 2.45) is 0 Å². The van der Waals surface area contributed by atoms with Crippen molar-refractivity contribution in [2.45, 2.75) is 56.8 Å². The summed E-state index contributed by atoms with van der Waals surface area (Å²) >= 11 is 6.04. The van der Waals surface area contributed by atoms with E-state index in [4.69, 9.17) is 16.3 Å². The second-order valence-electron chi connectivity index (χ2n) is 7.89. The van der Waals surface area contributed by atoms with Crippen LogP contribution in [0.3, 0.4) is 0 Å². The first-order chi connectivity index (χ1) is 15.0. The molecular weight excluding hydrogens is 418 g/mol. The lowest BCUT2D eigenvalue weighted by molar-refractivity contribution is -0.0844. The van der Waals surface area contributed by atoms with Gasteiger partial charge in [0.15, 0.2) is 6.29 Å². The number of ether oxygens (including phenoxy) is 1. The van der Waals surface area contributed by atoms with Crippen molar-refractivity contribution in [3.8, 4) is 6.07 Å². The van der Waals surface area contributed by atoms with Crippen LogP contribution in [0.1, 0.15) is 54.8 Å². The quantitative estimate of drug-likeness (QED) is 0.483. The zero-order valence-corrected chi connectivity index (χ0v) is 17.6. The first-order valence-corrected chi connectivity index (χ1v) is 10.7. The average Bonchev–Trinajstić information content (AvgIpc) is 3.42. The van der Waals surface area contributed by atoms with E-state index >= 15 is 0 Å². The summed E-state index contributed by atoms with van der Waals surface area (Å²) in [4.78, 5) is 0. The Bertz CT molecular complexity index is 1100. The Kier molecular flexibility index (Phi) is 6.56. The number of nitrogens with zero attached hydrogens (tertiary/aromatic N) is 3. The summed E-state index contributed by atoms with van der Waals surface area (Å²) < 4.78 is 7.94. The van der Waals surface area contributed by atoms with Gasteiger partial charge in [0.25, 0.3) is 0 Å². The number of benzene rings is 2. The van der Waals surface area contributed by atoms with Crippen molar-refractivity contribution < 1.29 is 20.1 Å². The lowest BCUT2D eigenvalue weighted by Gasteiger charge is -2.27. The molecule has 0 unspecified atom stereocenters. The SMILES string of the molecule is N#Cc1cc([C@@H](O)[C@H](Cn2cc3cccc(C(O)O)c3n2)OC2CCCC2)ccc1Cl. The Morgan fingerprint density at radius 1 is 1.19 bits per heavy atom. The van der Waals surface area contributed by atoms with E-state index in [2.05, 4.69) is 5.10 Å². The van der Waals surface area contributed by atoms with Crippen molar-refractivity contribution in [1.82, 2.24) is 9.78 Å². The molecule has 0 aliphatic heterocycles. The van der Waals surface area contributed by atoms with Crippen molar-refractivity contribution in [3.05, 3.63) is 64.3 Å². The first kappa shape index (κ1) is 21.8. The van der Waals surface area contributed by atoms with E-state index in [1.807, 2.05) is 12.1 Å². The Labute approximate surface area is 185 Å². The number of nitriles is 1. The number of halogens is 1. The van der Waals surface area contributed by atoms with Crippen molar-refractivity contribution in [3.63, 3.8) is 0 Å². The first-order valence-electron chi connectivity index (χ1n) is 10.3. The molecule has 2 aromatic carbocycles. The largest absolute Gasteiger partial charge is 0.386 e. The molecule has 1 heterocycles. The minimum atomic E-state index is -1.62. The average molecular weight is 442 g/mol. The lowest BCUT2D eigenvalue weighted by Crippen LogP contribution is -2.31. The zero-order valence-electron chi connectivity index (χ0n) is 16.9. The minimum absolute atomic E-state index is 0.0576. The van der Waals surface area contributed by atoms with Gasteiger partial charge in [-0.15, -0.1) is 0 Å². The summed E-state index contributed by atoms with van der Waals surface area (Å²) in [5, 5.41) is 45.2. The van der Waals surface area contributed by atoms with Crippen LogP contribution in [0.15, 0.2) is 42.6 Å². The third-order valence-electron chi connectivity index (χ3n) is 5.73. The van der Waals surface area contributed by atoms with Gasteiger partial charge in [0, 0.05) is 17.1 Å². The lowest BCUT2D eigenvalue weighted by atomic mass is 10.0. The number of aliphatic hydroxyl groups is 3. The molecule has 0 radical (unpaired) electrons. The van der Waals surface area contributed by atoms with Crippen molar-refractivity contribution >= 4 is 22.5 Å². The molecule has 3 aromatic rings. The molecule has 1 aromatic heterocycles. The van der Waals surface area contributed by atoms with E-state index in [-0.39, 0.29) is 12.6 Å². The third-order valence-corrected chi connectivity index (χ3v) is 6.06. The van der Waals surface area contributed by atoms with Crippen LogP contribution in [-0.2, 0) is 11.3 Å². The van der Waals surface area contributed by atoms with Gasteiger partial charge in [-0.1, -0.05) is 48.7 Å². The summed E-state index contributed by atoms with van der Waals surface area (Å²) in [6, 6.07) is 12.1. The van der Waals surface area contributed by atoms with Gasteiger partial charge in [0.05, 0.1) is 23.2 Å². The molecular formula is C23H24ClN3O4. The van der Waals surface area contributed by atoms with Gasteiger partial charge < -0.3 is 20.1 Å². The monoisotopic (exact) mass is 441 g/mol. The molecule has 1 fully saturated rings. The maximum absolute atomic E-state index is 11.1. The maximum atomic E-state index is 11.1. The van der Waals surface area contributed by atoms with Crippen molar-refractivity contribution in [2.75, 3.05) is 0 Å². The fourth-order valence-corrected chi connectivity index (χ4v) is 4.28. The number of hydrogen-bond acceptors (Lipinski definition) is 6. The molecule has 31 heavy (non-hydrogen) atoms. The Morgan fingerprint density at radius 3 is 2.68 bits per heavy atom. The number of aliphatic hydroxyl groups excluding tert-OH is 2. The van der Waals surface area contributed by atoms with Gasteiger partial charge in [-0.25, -0.2) is 0 Å². The second-order valence-corrected chi connectivity index (χ2v) is 8.29. The van der Waals surface area contributed by atoms with Gasteiger partial charge in [0.1, 0.15) is 23.8 Å². The summed E-state index contributed by atoms with van der Waals surface area (Å²) in [6.07, 6.45) is 2.70. The molecule has 1 saturated carbocycles. The van der Waals surface area contributed by atoms with E-state index in [1.165, 1.54) is 0 Å². The molecule has 2 atom stereocenters. The van der Waals surface area contributed by atoms with Crippen LogP contribution < -0.4 is 0 Å². The Morgan fingerprint density at radius 2 is 1.97 bits per heavy atom. The fraction of sp³-hybridized carbons (Fsp3) is 0.391. The Balaban J connectivity index is 1.64. The van der Waals surface area contributed by atoms with Gasteiger partial charge in [-0.2, -0.15) is 10.4 Å².